The maximum absolute atomic E-state index is 11.8. The summed E-state index contributed by atoms with van der Waals surface area (Å²) in [6.45, 7) is 0.522. The van der Waals surface area contributed by atoms with Crippen molar-refractivity contribution in [3.63, 3.8) is 0 Å². The number of rotatable bonds is 6. The Morgan fingerprint density at radius 2 is 2.12 bits per heavy atom. The Labute approximate surface area is 95.8 Å². The maximum Gasteiger partial charge on any atom is 0.311 e. The van der Waals surface area contributed by atoms with E-state index in [1.54, 1.807) is 0 Å². The topological polar surface area (TPSA) is 75.1 Å². The molecule has 5 nitrogen and oxygen atoms in total. The van der Waals surface area contributed by atoms with Gasteiger partial charge >= 0.3 is 5.97 Å². The molecule has 0 bridgehead atoms. The van der Waals surface area contributed by atoms with Gasteiger partial charge in [-0.1, -0.05) is 24.4 Å². The highest BCUT2D eigenvalue weighted by molar-refractivity contribution is 5.77. The standard InChI is InChI=1S/C11H19N3O2/c1-16-10(15)11(6-2-3-7-11)8-4-5-9-13-14-12/h2-9H2,1H3. The minimum absolute atomic E-state index is 0.0613. The molecule has 1 saturated carbocycles. The van der Waals surface area contributed by atoms with Crippen molar-refractivity contribution >= 4 is 5.97 Å². The number of methoxy groups -OCH3 is 1. The van der Waals surface area contributed by atoms with Crippen LogP contribution in [0, 0.1) is 5.41 Å². The molecule has 0 amide bonds. The van der Waals surface area contributed by atoms with Gasteiger partial charge in [0.05, 0.1) is 12.5 Å². The first kappa shape index (κ1) is 12.8. The van der Waals surface area contributed by atoms with Crippen molar-refractivity contribution in [1.29, 1.82) is 0 Å². The minimum Gasteiger partial charge on any atom is -0.469 e. The van der Waals surface area contributed by atoms with E-state index in [9.17, 15) is 4.79 Å². The molecule has 0 aromatic heterocycles. The number of hydrogen-bond donors (Lipinski definition) is 0. The van der Waals surface area contributed by atoms with Crippen molar-refractivity contribution in [2.24, 2.45) is 10.5 Å². The predicted molar refractivity (Wildman–Crippen MR) is 60.8 cm³/mol. The van der Waals surface area contributed by atoms with Crippen LogP contribution < -0.4 is 0 Å². The third-order valence-electron chi connectivity index (χ3n) is 3.41. The van der Waals surface area contributed by atoms with Gasteiger partial charge in [0.25, 0.3) is 0 Å². The summed E-state index contributed by atoms with van der Waals surface area (Å²) < 4.78 is 4.89. The molecule has 1 rings (SSSR count). The summed E-state index contributed by atoms with van der Waals surface area (Å²) >= 11 is 0. The van der Waals surface area contributed by atoms with E-state index in [2.05, 4.69) is 10.0 Å². The van der Waals surface area contributed by atoms with Gasteiger partial charge in [0.15, 0.2) is 0 Å². The van der Waals surface area contributed by atoms with Crippen molar-refractivity contribution < 1.29 is 9.53 Å². The molecule has 0 saturated heterocycles. The van der Waals surface area contributed by atoms with Crippen LogP contribution in [-0.4, -0.2) is 19.6 Å². The largest absolute Gasteiger partial charge is 0.469 e. The quantitative estimate of drug-likeness (QED) is 0.229. The lowest BCUT2D eigenvalue weighted by Gasteiger charge is -2.25. The van der Waals surface area contributed by atoms with Crippen molar-refractivity contribution in [2.75, 3.05) is 13.7 Å². The van der Waals surface area contributed by atoms with Gasteiger partial charge in [-0.3, -0.25) is 4.79 Å². The number of ether oxygens (including phenoxy) is 1. The third kappa shape index (κ3) is 3.14. The highest BCUT2D eigenvalue weighted by Gasteiger charge is 2.41. The minimum atomic E-state index is -0.245. The van der Waals surface area contributed by atoms with Crippen LogP contribution in [0.15, 0.2) is 5.11 Å². The predicted octanol–water partition coefficient (Wildman–Crippen LogP) is 3.20. The van der Waals surface area contributed by atoms with E-state index in [-0.39, 0.29) is 11.4 Å². The molecule has 0 unspecified atom stereocenters. The Hall–Kier alpha value is -1.22. The molecule has 0 aromatic rings. The Balaban J connectivity index is 2.39. The molecule has 0 N–H and O–H groups in total. The molecule has 0 spiro atoms. The van der Waals surface area contributed by atoms with Crippen LogP contribution in [0.5, 0.6) is 0 Å². The summed E-state index contributed by atoms with van der Waals surface area (Å²) in [6, 6.07) is 0. The van der Waals surface area contributed by atoms with Gasteiger partial charge in [0.2, 0.25) is 0 Å². The molecule has 0 aromatic carbocycles. The van der Waals surface area contributed by atoms with Gasteiger partial charge in [-0.2, -0.15) is 0 Å². The van der Waals surface area contributed by atoms with Gasteiger partial charge in [0.1, 0.15) is 0 Å². The van der Waals surface area contributed by atoms with Crippen LogP contribution in [0.2, 0.25) is 0 Å². The molecular weight excluding hydrogens is 206 g/mol. The number of carbonyl (C=O) groups excluding carboxylic acids is 1. The molecule has 0 atom stereocenters. The van der Waals surface area contributed by atoms with E-state index in [0.717, 1.165) is 44.9 Å². The highest BCUT2D eigenvalue weighted by Crippen LogP contribution is 2.43. The highest BCUT2D eigenvalue weighted by atomic mass is 16.5. The fourth-order valence-electron chi connectivity index (χ4n) is 2.52. The van der Waals surface area contributed by atoms with E-state index in [1.807, 2.05) is 0 Å². The molecule has 16 heavy (non-hydrogen) atoms. The van der Waals surface area contributed by atoms with Crippen LogP contribution >= 0.6 is 0 Å². The lowest BCUT2D eigenvalue weighted by Crippen LogP contribution is -2.29. The van der Waals surface area contributed by atoms with Crippen LogP contribution in [0.1, 0.15) is 44.9 Å². The molecule has 1 aliphatic carbocycles. The monoisotopic (exact) mass is 225 g/mol. The van der Waals surface area contributed by atoms with Gasteiger partial charge in [-0.15, -0.1) is 0 Å². The summed E-state index contributed by atoms with van der Waals surface area (Å²) in [5.74, 6) is -0.0613. The summed E-state index contributed by atoms with van der Waals surface area (Å²) in [6.07, 6.45) is 6.76. The Morgan fingerprint density at radius 3 is 2.69 bits per heavy atom. The van der Waals surface area contributed by atoms with E-state index in [4.69, 9.17) is 10.3 Å². The molecule has 0 heterocycles. The molecule has 5 heteroatoms. The number of azide groups is 1. The average Bonchev–Trinajstić information content (AvgIpc) is 2.78. The first-order chi connectivity index (χ1) is 7.75. The number of nitrogens with zero attached hydrogens (tertiary/aromatic N) is 3. The van der Waals surface area contributed by atoms with Crippen LogP contribution in [0.25, 0.3) is 10.4 Å². The fourth-order valence-corrected chi connectivity index (χ4v) is 2.52. The molecule has 0 aliphatic heterocycles. The van der Waals surface area contributed by atoms with E-state index in [0.29, 0.717) is 6.54 Å². The van der Waals surface area contributed by atoms with Gasteiger partial charge < -0.3 is 4.74 Å². The lowest BCUT2D eigenvalue weighted by atomic mass is 9.81. The first-order valence-electron chi connectivity index (χ1n) is 5.84. The van der Waals surface area contributed by atoms with Crippen molar-refractivity contribution in [3.05, 3.63) is 10.4 Å². The van der Waals surface area contributed by atoms with Gasteiger partial charge in [-0.25, -0.2) is 0 Å². The number of unbranched alkanes of at least 4 members (excludes halogenated alkanes) is 1. The van der Waals surface area contributed by atoms with Crippen molar-refractivity contribution in [3.8, 4) is 0 Å². The molecule has 1 aliphatic rings. The summed E-state index contributed by atoms with van der Waals surface area (Å²) in [5.41, 5.74) is 7.89. The number of carbonyl (C=O) groups is 1. The zero-order valence-corrected chi connectivity index (χ0v) is 9.81. The second-order valence-electron chi connectivity index (χ2n) is 4.39. The lowest BCUT2D eigenvalue weighted by molar-refractivity contribution is -0.153. The Morgan fingerprint density at radius 1 is 1.44 bits per heavy atom. The van der Waals surface area contributed by atoms with Crippen LogP contribution in [0.3, 0.4) is 0 Å². The third-order valence-corrected chi connectivity index (χ3v) is 3.41. The number of hydrogen-bond acceptors (Lipinski definition) is 3. The number of esters is 1. The summed E-state index contributed by atoms with van der Waals surface area (Å²) in [5, 5.41) is 3.49. The molecule has 0 radical (unpaired) electrons. The summed E-state index contributed by atoms with van der Waals surface area (Å²) in [7, 11) is 1.46. The van der Waals surface area contributed by atoms with E-state index in [1.165, 1.54) is 7.11 Å². The Bertz CT molecular complexity index is 279. The van der Waals surface area contributed by atoms with Gasteiger partial charge in [-0.05, 0) is 31.2 Å². The molecule has 90 valence electrons. The van der Waals surface area contributed by atoms with Gasteiger partial charge in [0, 0.05) is 11.5 Å². The van der Waals surface area contributed by atoms with Crippen LogP contribution in [0.4, 0.5) is 0 Å². The molecular formula is C11H19N3O2. The average molecular weight is 225 g/mol. The van der Waals surface area contributed by atoms with Crippen molar-refractivity contribution in [1.82, 2.24) is 0 Å². The second-order valence-corrected chi connectivity index (χ2v) is 4.39. The normalized spacial score (nSPS) is 17.8. The zero-order chi connectivity index (χ0) is 11.9. The summed E-state index contributed by atoms with van der Waals surface area (Å²) in [4.78, 5) is 14.5. The first-order valence-corrected chi connectivity index (χ1v) is 5.84. The van der Waals surface area contributed by atoms with E-state index >= 15 is 0 Å². The van der Waals surface area contributed by atoms with Crippen molar-refractivity contribution in [2.45, 2.75) is 44.9 Å². The SMILES string of the molecule is COC(=O)C1(CCCCN=[N+]=[N-])CCCC1. The maximum atomic E-state index is 11.8. The molecule has 1 fully saturated rings. The van der Waals surface area contributed by atoms with Crippen LogP contribution in [-0.2, 0) is 9.53 Å². The fraction of sp³-hybridized carbons (Fsp3) is 0.909. The smallest absolute Gasteiger partial charge is 0.311 e. The second kappa shape index (κ2) is 6.38. The zero-order valence-electron chi connectivity index (χ0n) is 9.81. The van der Waals surface area contributed by atoms with E-state index < -0.39 is 0 Å². The Kier molecular flexibility index (Phi) is 5.12.